The quantitative estimate of drug-likeness (QED) is 0.477. The predicted octanol–water partition coefficient (Wildman–Crippen LogP) is 3.77. The molecule has 0 saturated carbocycles. The Morgan fingerprint density at radius 1 is 1.50 bits per heavy atom. The van der Waals surface area contributed by atoms with Crippen LogP contribution in [0.2, 0.25) is 0 Å². The highest BCUT2D eigenvalue weighted by Crippen LogP contribution is 2.24. The maximum absolute atomic E-state index is 5.68. The van der Waals surface area contributed by atoms with Gasteiger partial charge in [-0.1, -0.05) is 30.8 Å². The highest BCUT2D eigenvalue weighted by molar-refractivity contribution is 14.0. The van der Waals surface area contributed by atoms with E-state index in [2.05, 4.69) is 20.9 Å². The topological polar surface area (TPSA) is 38.4 Å². The maximum atomic E-state index is 5.68. The first-order valence-corrected chi connectivity index (χ1v) is 5.73. The smallest absolute Gasteiger partial charge is 0.159 e. The highest BCUT2D eigenvalue weighted by Gasteiger charge is 1.97. The molecular formula is C9H12BrIN2S. The summed E-state index contributed by atoms with van der Waals surface area (Å²) < 4.78 is 0.967. The Kier molecular flexibility index (Phi) is 7.66. The van der Waals surface area contributed by atoms with Gasteiger partial charge in [-0.25, -0.2) is 4.99 Å². The third-order valence-corrected chi connectivity index (χ3v) is 2.72. The molecular weight excluding hydrogens is 375 g/mol. The van der Waals surface area contributed by atoms with Gasteiger partial charge in [0.15, 0.2) is 5.17 Å². The lowest BCUT2D eigenvalue weighted by molar-refractivity contribution is 1.47. The summed E-state index contributed by atoms with van der Waals surface area (Å²) in [5, 5.41) is 0.606. The standard InChI is InChI=1S/C9H11BrN2S.HI/c1-2-13-9(11)12-8-6-4-3-5-7(8)10;/h3-6H,2H2,1H3,(H2,11,12);1H. The lowest BCUT2D eigenvalue weighted by Crippen LogP contribution is -2.05. The summed E-state index contributed by atoms with van der Waals surface area (Å²) in [7, 11) is 0. The van der Waals surface area contributed by atoms with Crippen molar-refractivity contribution in [2.24, 2.45) is 10.7 Å². The van der Waals surface area contributed by atoms with Crippen molar-refractivity contribution < 1.29 is 0 Å². The Bertz CT molecular complexity index is 317. The largest absolute Gasteiger partial charge is 0.378 e. The first-order valence-electron chi connectivity index (χ1n) is 3.95. The number of halogens is 2. The normalized spacial score (nSPS) is 10.9. The van der Waals surface area contributed by atoms with Gasteiger partial charge in [0.2, 0.25) is 0 Å². The van der Waals surface area contributed by atoms with Gasteiger partial charge in [-0.2, -0.15) is 0 Å². The zero-order valence-electron chi connectivity index (χ0n) is 7.74. The molecule has 14 heavy (non-hydrogen) atoms. The molecule has 0 aliphatic carbocycles. The van der Waals surface area contributed by atoms with Crippen LogP contribution >= 0.6 is 51.7 Å². The number of nitrogens with zero attached hydrogens (tertiary/aromatic N) is 1. The van der Waals surface area contributed by atoms with Crippen molar-refractivity contribution in [3.05, 3.63) is 28.7 Å². The lowest BCUT2D eigenvalue weighted by Gasteiger charge is -1.99. The van der Waals surface area contributed by atoms with E-state index in [1.165, 1.54) is 0 Å². The van der Waals surface area contributed by atoms with Gasteiger partial charge in [0.1, 0.15) is 0 Å². The minimum atomic E-state index is 0. The highest BCUT2D eigenvalue weighted by atomic mass is 127. The van der Waals surface area contributed by atoms with Gasteiger partial charge in [0, 0.05) is 4.47 Å². The van der Waals surface area contributed by atoms with Crippen LogP contribution in [0, 0.1) is 0 Å². The molecule has 0 amide bonds. The van der Waals surface area contributed by atoms with Gasteiger partial charge in [-0.15, -0.1) is 24.0 Å². The number of aliphatic imine (C=N–C) groups is 1. The molecule has 0 saturated heterocycles. The van der Waals surface area contributed by atoms with E-state index >= 15 is 0 Å². The van der Waals surface area contributed by atoms with Crippen molar-refractivity contribution in [3.63, 3.8) is 0 Å². The number of thioether (sulfide) groups is 1. The molecule has 1 aromatic carbocycles. The van der Waals surface area contributed by atoms with Gasteiger partial charge >= 0.3 is 0 Å². The first kappa shape index (κ1) is 14.2. The average Bonchev–Trinajstić information content (AvgIpc) is 2.09. The Morgan fingerprint density at radius 2 is 2.14 bits per heavy atom. The van der Waals surface area contributed by atoms with Gasteiger partial charge in [-0.3, -0.25) is 0 Å². The van der Waals surface area contributed by atoms with Crippen molar-refractivity contribution >= 4 is 62.5 Å². The number of benzene rings is 1. The van der Waals surface area contributed by atoms with Crippen LogP contribution in [0.5, 0.6) is 0 Å². The Balaban J connectivity index is 0.00000169. The average molecular weight is 387 g/mol. The molecule has 0 aliphatic rings. The Morgan fingerprint density at radius 3 is 2.71 bits per heavy atom. The van der Waals surface area contributed by atoms with E-state index in [1.54, 1.807) is 11.8 Å². The van der Waals surface area contributed by atoms with Crippen LogP contribution in [0.25, 0.3) is 0 Å². The molecule has 0 unspecified atom stereocenters. The van der Waals surface area contributed by atoms with Gasteiger partial charge in [0.25, 0.3) is 0 Å². The fourth-order valence-corrected chi connectivity index (χ4v) is 1.67. The molecule has 0 bridgehead atoms. The fourth-order valence-electron chi connectivity index (χ4n) is 0.841. The summed E-state index contributed by atoms with van der Waals surface area (Å²) in [4.78, 5) is 4.26. The molecule has 0 aliphatic heterocycles. The number of para-hydroxylation sites is 1. The van der Waals surface area contributed by atoms with Crippen LogP contribution in [0.1, 0.15) is 6.92 Å². The van der Waals surface area contributed by atoms with E-state index in [0.29, 0.717) is 5.17 Å². The molecule has 2 nitrogen and oxygen atoms in total. The summed E-state index contributed by atoms with van der Waals surface area (Å²) in [6.45, 7) is 2.05. The SMILES string of the molecule is CCSC(N)=Nc1ccccc1Br.I. The van der Waals surface area contributed by atoms with Crippen molar-refractivity contribution in [3.8, 4) is 0 Å². The zero-order valence-corrected chi connectivity index (χ0v) is 12.5. The van der Waals surface area contributed by atoms with Gasteiger partial charge in [-0.05, 0) is 33.8 Å². The molecule has 1 rings (SSSR count). The van der Waals surface area contributed by atoms with Crippen LogP contribution in [-0.2, 0) is 0 Å². The third-order valence-electron chi connectivity index (χ3n) is 1.38. The Labute approximate surface area is 114 Å². The molecule has 0 spiro atoms. The summed E-state index contributed by atoms with van der Waals surface area (Å²) in [5.41, 5.74) is 6.55. The van der Waals surface area contributed by atoms with Crippen molar-refractivity contribution in [1.29, 1.82) is 0 Å². The number of rotatable bonds is 2. The predicted molar refractivity (Wildman–Crippen MR) is 79.0 cm³/mol. The number of hydrogen-bond acceptors (Lipinski definition) is 2. The number of hydrogen-bond donors (Lipinski definition) is 1. The van der Waals surface area contributed by atoms with E-state index in [9.17, 15) is 0 Å². The second-order valence-electron chi connectivity index (χ2n) is 2.33. The maximum Gasteiger partial charge on any atom is 0.159 e. The molecule has 0 aromatic heterocycles. The van der Waals surface area contributed by atoms with Crippen LogP contribution in [0.4, 0.5) is 5.69 Å². The van der Waals surface area contributed by atoms with E-state index < -0.39 is 0 Å². The molecule has 1 aromatic rings. The van der Waals surface area contributed by atoms with E-state index in [4.69, 9.17) is 5.73 Å². The van der Waals surface area contributed by atoms with E-state index in [-0.39, 0.29) is 24.0 Å². The van der Waals surface area contributed by atoms with Gasteiger partial charge < -0.3 is 5.73 Å². The van der Waals surface area contributed by atoms with Crippen LogP contribution in [-0.4, -0.2) is 10.9 Å². The van der Waals surface area contributed by atoms with Crippen molar-refractivity contribution in [1.82, 2.24) is 0 Å². The van der Waals surface area contributed by atoms with Crippen LogP contribution < -0.4 is 5.73 Å². The number of amidine groups is 1. The summed E-state index contributed by atoms with van der Waals surface area (Å²) >= 11 is 4.95. The second kappa shape index (κ2) is 7.53. The summed E-state index contributed by atoms with van der Waals surface area (Å²) in [6.07, 6.45) is 0. The third kappa shape index (κ3) is 4.65. The minimum Gasteiger partial charge on any atom is -0.378 e. The van der Waals surface area contributed by atoms with Crippen LogP contribution in [0.15, 0.2) is 33.7 Å². The zero-order chi connectivity index (χ0) is 9.68. The molecule has 5 heteroatoms. The second-order valence-corrected chi connectivity index (χ2v) is 4.47. The van der Waals surface area contributed by atoms with Crippen LogP contribution in [0.3, 0.4) is 0 Å². The summed E-state index contributed by atoms with van der Waals surface area (Å²) in [5.74, 6) is 0.944. The first-order chi connectivity index (χ1) is 6.24. The summed E-state index contributed by atoms with van der Waals surface area (Å²) in [6, 6.07) is 7.76. The lowest BCUT2D eigenvalue weighted by atomic mass is 10.3. The van der Waals surface area contributed by atoms with E-state index in [1.807, 2.05) is 31.2 Å². The molecule has 0 heterocycles. The molecule has 78 valence electrons. The van der Waals surface area contributed by atoms with Crippen molar-refractivity contribution in [2.75, 3.05) is 5.75 Å². The van der Waals surface area contributed by atoms with E-state index in [0.717, 1.165) is 15.9 Å². The van der Waals surface area contributed by atoms with Crippen molar-refractivity contribution in [2.45, 2.75) is 6.92 Å². The molecule has 0 radical (unpaired) electrons. The minimum absolute atomic E-state index is 0. The van der Waals surface area contributed by atoms with Gasteiger partial charge in [0.05, 0.1) is 5.69 Å². The fraction of sp³-hybridized carbons (Fsp3) is 0.222. The Hall–Kier alpha value is 0.250. The number of nitrogens with two attached hydrogens (primary N) is 1. The molecule has 0 fully saturated rings. The molecule has 2 N–H and O–H groups in total. The molecule has 0 atom stereocenters. The monoisotopic (exact) mass is 386 g/mol.